The summed E-state index contributed by atoms with van der Waals surface area (Å²) < 4.78 is 4.98. The lowest BCUT2D eigenvalue weighted by Gasteiger charge is -2.14. The molecule has 1 saturated heterocycles. The van der Waals surface area contributed by atoms with Crippen LogP contribution < -0.4 is 11.1 Å². The summed E-state index contributed by atoms with van der Waals surface area (Å²) in [6, 6.07) is -0.369. The Bertz CT molecular complexity index is 257. The Morgan fingerprint density at radius 1 is 1.53 bits per heavy atom. The zero-order valence-electron chi connectivity index (χ0n) is 8.05. The molecule has 0 bridgehead atoms. The second kappa shape index (κ2) is 5.06. The van der Waals surface area contributed by atoms with Crippen LogP contribution in [0.15, 0.2) is 0 Å². The first-order valence-corrected chi connectivity index (χ1v) is 4.54. The smallest absolute Gasteiger partial charge is 0.334 e. The third-order valence-electron chi connectivity index (χ3n) is 2.22. The summed E-state index contributed by atoms with van der Waals surface area (Å²) in [5.41, 5.74) is 5.58. The average molecular weight is 218 g/mol. The van der Waals surface area contributed by atoms with Gasteiger partial charge in [0.05, 0.1) is 25.7 Å². The number of aliphatic carboxylic acids is 1. The first kappa shape index (κ1) is 11.9. The van der Waals surface area contributed by atoms with Crippen LogP contribution in [0.1, 0.15) is 0 Å². The largest absolute Gasteiger partial charge is 0.479 e. The number of carboxylic acids is 1. The average Bonchev–Trinajstić information content (AvgIpc) is 2.60. The summed E-state index contributed by atoms with van der Waals surface area (Å²) in [5.74, 6) is -2.23. The number of aliphatic hydroxyl groups excluding tert-OH is 1. The number of carboxylic acid groups (broad SMARTS) is 1. The van der Waals surface area contributed by atoms with E-state index in [1.165, 1.54) is 0 Å². The number of hydrogen-bond donors (Lipinski definition) is 4. The van der Waals surface area contributed by atoms with Crippen molar-refractivity contribution >= 4 is 11.9 Å². The van der Waals surface area contributed by atoms with Crippen molar-refractivity contribution in [2.45, 2.75) is 12.1 Å². The molecule has 0 aromatic carbocycles. The van der Waals surface area contributed by atoms with E-state index < -0.39 is 18.0 Å². The van der Waals surface area contributed by atoms with Gasteiger partial charge in [0, 0.05) is 6.04 Å². The molecule has 0 spiro atoms. The Hall–Kier alpha value is -1.18. The maximum absolute atomic E-state index is 11.4. The van der Waals surface area contributed by atoms with Gasteiger partial charge in [-0.15, -0.1) is 0 Å². The van der Waals surface area contributed by atoms with Gasteiger partial charge in [-0.05, 0) is 0 Å². The van der Waals surface area contributed by atoms with Gasteiger partial charge in [-0.25, -0.2) is 4.79 Å². The van der Waals surface area contributed by atoms with Crippen LogP contribution in [0.4, 0.5) is 0 Å². The van der Waals surface area contributed by atoms with Crippen LogP contribution in [0, 0.1) is 5.92 Å². The van der Waals surface area contributed by atoms with E-state index in [0.29, 0.717) is 6.61 Å². The van der Waals surface area contributed by atoms with E-state index in [9.17, 15) is 9.59 Å². The number of rotatable bonds is 4. The second-order valence-corrected chi connectivity index (χ2v) is 3.41. The maximum atomic E-state index is 11.4. The Balaban J connectivity index is 2.32. The monoisotopic (exact) mass is 218 g/mol. The number of nitrogens with one attached hydrogen (secondary N) is 1. The second-order valence-electron chi connectivity index (χ2n) is 3.41. The van der Waals surface area contributed by atoms with E-state index in [-0.39, 0.29) is 25.1 Å². The van der Waals surface area contributed by atoms with Crippen LogP contribution in [0.2, 0.25) is 0 Å². The molecular formula is C8H14N2O5. The van der Waals surface area contributed by atoms with E-state index in [2.05, 4.69) is 5.32 Å². The summed E-state index contributed by atoms with van der Waals surface area (Å²) in [5, 5.41) is 19.6. The van der Waals surface area contributed by atoms with Crippen molar-refractivity contribution in [3.8, 4) is 0 Å². The maximum Gasteiger partial charge on any atom is 0.334 e. The van der Waals surface area contributed by atoms with Crippen molar-refractivity contribution in [2.75, 3.05) is 19.8 Å². The Morgan fingerprint density at radius 2 is 2.20 bits per heavy atom. The van der Waals surface area contributed by atoms with Crippen molar-refractivity contribution in [3.63, 3.8) is 0 Å². The van der Waals surface area contributed by atoms with Gasteiger partial charge in [0.15, 0.2) is 6.10 Å². The molecule has 7 nitrogen and oxygen atoms in total. The van der Waals surface area contributed by atoms with Crippen molar-refractivity contribution in [1.82, 2.24) is 5.32 Å². The molecule has 5 N–H and O–H groups in total. The highest BCUT2D eigenvalue weighted by molar-refractivity contribution is 5.81. The number of aliphatic hydroxyl groups is 1. The van der Waals surface area contributed by atoms with Crippen LogP contribution >= 0.6 is 0 Å². The number of nitrogens with two attached hydrogens (primary N) is 1. The van der Waals surface area contributed by atoms with Crippen molar-refractivity contribution in [1.29, 1.82) is 0 Å². The molecule has 0 aromatic rings. The molecule has 0 aliphatic carbocycles. The molecule has 0 radical (unpaired) electrons. The summed E-state index contributed by atoms with van der Waals surface area (Å²) in [6.07, 6.45) is -1.59. The van der Waals surface area contributed by atoms with E-state index in [1.54, 1.807) is 0 Å². The molecule has 1 fully saturated rings. The number of hydrogen-bond acceptors (Lipinski definition) is 5. The molecule has 1 aliphatic rings. The first-order valence-electron chi connectivity index (χ1n) is 4.54. The lowest BCUT2D eigenvalue weighted by atomic mass is 10.0. The first-order chi connectivity index (χ1) is 7.02. The molecule has 1 aliphatic heterocycles. The van der Waals surface area contributed by atoms with E-state index in [1.807, 2.05) is 0 Å². The molecule has 3 unspecified atom stereocenters. The highest BCUT2D eigenvalue weighted by Crippen LogP contribution is 2.11. The van der Waals surface area contributed by atoms with Crippen LogP contribution in [0.25, 0.3) is 0 Å². The van der Waals surface area contributed by atoms with Gasteiger partial charge in [0.2, 0.25) is 5.91 Å². The minimum absolute atomic E-state index is 0.232. The van der Waals surface area contributed by atoms with E-state index >= 15 is 0 Å². The standard InChI is InChI=1S/C8H14N2O5/c9-5-3-15-2-4(5)7(12)10-1-6(11)8(13)14/h4-6,11H,1-3,9H2,(H,10,12)(H,13,14). The number of carbonyl (C=O) groups excluding carboxylic acids is 1. The fourth-order valence-corrected chi connectivity index (χ4v) is 1.26. The van der Waals surface area contributed by atoms with Crippen molar-refractivity contribution < 1.29 is 24.5 Å². The lowest BCUT2D eigenvalue weighted by Crippen LogP contribution is -2.44. The van der Waals surface area contributed by atoms with Gasteiger partial charge in [-0.3, -0.25) is 4.79 Å². The number of ether oxygens (including phenoxy) is 1. The third-order valence-corrected chi connectivity index (χ3v) is 2.22. The molecule has 15 heavy (non-hydrogen) atoms. The highest BCUT2D eigenvalue weighted by atomic mass is 16.5. The molecule has 7 heteroatoms. The zero-order valence-corrected chi connectivity index (χ0v) is 8.05. The topological polar surface area (TPSA) is 122 Å². The molecule has 1 rings (SSSR count). The van der Waals surface area contributed by atoms with E-state index in [4.69, 9.17) is 20.7 Å². The van der Waals surface area contributed by atoms with Gasteiger partial charge >= 0.3 is 5.97 Å². The molecule has 0 saturated carbocycles. The Morgan fingerprint density at radius 3 is 2.67 bits per heavy atom. The third kappa shape index (κ3) is 3.15. The SMILES string of the molecule is NC1COCC1C(=O)NCC(O)C(=O)O. The summed E-state index contributed by atoms with van der Waals surface area (Å²) in [7, 11) is 0. The van der Waals surface area contributed by atoms with Crippen LogP contribution in [-0.4, -0.2) is 54.0 Å². The molecule has 3 atom stereocenters. The summed E-state index contributed by atoms with van der Waals surface area (Å²) in [6.45, 7) is 0.229. The minimum atomic E-state index is -1.59. The fraction of sp³-hybridized carbons (Fsp3) is 0.750. The van der Waals surface area contributed by atoms with Crippen LogP contribution in [0.3, 0.4) is 0 Å². The number of carbonyl (C=O) groups is 2. The highest BCUT2D eigenvalue weighted by Gasteiger charge is 2.31. The molecule has 1 heterocycles. The molecular weight excluding hydrogens is 204 g/mol. The molecule has 1 amide bonds. The van der Waals surface area contributed by atoms with Crippen molar-refractivity contribution in [2.24, 2.45) is 11.7 Å². The molecule has 0 aromatic heterocycles. The quantitative estimate of drug-likeness (QED) is 0.414. The van der Waals surface area contributed by atoms with Crippen LogP contribution in [-0.2, 0) is 14.3 Å². The number of amides is 1. The van der Waals surface area contributed by atoms with E-state index in [0.717, 1.165) is 0 Å². The minimum Gasteiger partial charge on any atom is -0.479 e. The predicted octanol–water partition coefficient (Wildman–Crippen LogP) is -2.48. The summed E-state index contributed by atoms with van der Waals surface area (Å²) >= 11 is 0. The summed E-state index contributed by atoms with van der Waals surface area (Å²) in [4.78, 5) is 21.7. The van der Waals surface area contributed by atoms with Gasteiger partial charge in [0.25, 0.3) is 0 Å². The van der Waals surface area contributed by atoms with Gasteiger partial charge in [-0.2, -0.15) is 0 Å². The molecule has 86 valence electrons. The van der Waals surface area contributed by atoms with Gasteiger partial charge < -0.3 is 26.0 Å². The normalized spacial score (nSPS) is 27.3. The fourth-order valence-electron chi connectivity index (χ4n) is 1.26. The van der Waals surface area contributed by atoms with Gasteiger partial charge in [-0.1, -0.05) is 0 Å². The van der Waals surface area contributed by atoms with Crippen LogP contribution in [0.5, 0.6) is 0 Å². The lowest BCUT2D eigenvalue weighted by molar-refractivity contribution is -0.146. The Labute approximate surface area is 86.2 Å². The van der Waals surface area contributed by atoms with Crippen molar-refractivity contribution in [3.05, 3.63) is 0 Å². The van der Waals surface area contributed by atoms with Gasteiger partial charge in [0.1, 0.15) is 0 Å². The zero-order chi connectivity index (χ0) is 11.4. The predicted molar refractivity (Wildman–Crippen MR) is 48.9 cm³/mol. The Kier molecular flexibility index (Phi) is 4.01.